The highest BCUT2D eigenvalue weighted by molar-refractivity contribution is 6.61. The minimum atomic E-state index is -1.44. The molecule has 0 spiro atoms. The summed E-state index contributed by atoms with van der Waals surface area (Å²) in [5, 5.41) is 18.8. The molecule has 0 saturated carbocycles. The van der Waals surface area contributed by atoms with Crippen LogP contribution in [-0.4, -0.2) is 27.1 Å². The molecule has 2 aromatic rings. The van der Waals surface area contributed by atoms with Gasteiger partial charge in [-0.2, -0.15) is 0 Å². The standard InChI is InChI=1S/C8H9BN2O2/c1-5-4-6-7(9(12)13)2-3-10-8(6)11-5/h2-4,12-13H,1H3,(H,10,11). The first-order chi connectivity index (χ1) is 6.18. The van der Waals surface area contributed by atoms with Crippen molar-refractivity contribution in [1.82, 2.24) is 9.97 Å². The fraction of sp³-hybridized carbons (Fsp3) is 0.125. The third kappa shape index (κ3) is 1.32. The summed E-state index contributed by atoms with van der Waals surface area (Å²) in [6.45, 7) is 1.90. The summed E-state index contributed by atoms with van der Waals surface area (Å²) in [6, 6.07) is 3.44. The molecular formula is C8H9BN2O2. The van der Waals surface area contributed by atoms with Crippen LogP contribution in [0.2, 0.25) is 0 Å². The Labute approximate surface area is 75.4 Å². The van der Waals surface area contributed by atoms with E-state index >= 15 is 0 Å². The zero-order chi connectivity index (χ0) is 9.42. The van der Waals surface area contributed by atoms with Gasteiger partial charge in [0.05, 0.1) is 0 Å². The predicted molar refractivity (Wildman–Crippen MR) is 50.7 cm³/mol. The van der Waals surface area contributed by atoms with E-state index in [1.54, 1.807) is 12.3 Å². The molecule has 0 radical (unpaired) electrons. The van der Waals surface area contributed by atoms with Crippen LogP contribution in [0.25, 0.3) is 11.0 Å². The Morgan fingerprint density at radius 3 is 2.92 bits per heavy atom. The fourth-order valence-electron chi connectivity index (χ4n) is 1.40. The molecular weight excluding hydrogens is 167 g/mol. The number of aromatic amines is 1. The van der Waals surface area contributed by atoms with E-state index in [4.69, 9.17) is 10.0 Å². The SMILES string of the molecule is Cc1cc2c(B(O)O)ccnc2[nH]1. The first-order valence-corrected chi connectivity index (χ1v) is 3.99. The molecule has 0 bridgehead atoms. The van der Waals surface area contributed by atoms with Gasteiger partial charge in [0.15, 0.2) is 0 Å². The molecule has 0 aliphatic heterocycles. The number of hydrogen-bond donors (Lipinski definition) is 3. The van der Waals surface area contributed by atoms with Gasteiger partial charge in [-0.25, -0.2) is 4.98 Å². The van der Waals surface area contributed by atoms with Gasteiger partial charge < -0.3 is 15.0 Å². The molecule has 0 amide bonds. The van der Waals surface area contributed by atoms with Crippen molar-refractivity contribution in [2.75, 3.05) is 0 Å². The summed E-state index contributed by atoms with van der Waals surface area (Å²) in [6.07, 6.45) is 1.55. The molecule has 0 saturated heterocycles. The van der Waals surface area contributed by atoms with Crippen LogP contribution in [0, 0.1) is 6.92 Å². The van der Waals surface area contributed by atoms with Crippen molar-refractivity contribution in [3.63, 3.8) is 0 Å². The van der Waals surface area contributed by atoms with Gasteiger partial charge in [-0.15, -0.1) is 0 Å². The average Bonchev–Trinajstić information content (AvgIpc) is 2.43. The Hall–Kier alpha value is -1.33. The Morgan fingerprint density at radius 1 is 1.46 bits per heavy atom. The number of hydrogen-bond acceptors (Lipinski definition) is 3. The molecule has 0 fully saturated rings. The van der Waals surface area contributed by atoms with Crippen molar-refractivity contribution >= 4 is 23.6 Å². The summed E-state index contributed by atoms with van der Waals surface area (Å²) in [5.41, 5.74) is 2.12. The van der Waals surface area contributed by atoms with Gasteiger partial charge in [-0.1, -0.05) is 0 Å². The van der Waals surface area contributed by atoms with E-state index in [0.717, 1.165) is 11.1 Å². The molecule has 13 heavy (non-hydrogen) atoms. The zero-order valence-corrected chi connectivity index (χ0v) is 7.15. The predicted octanol–water partition coefficient (Wildman–Crippen LogP) is -0.449. The molecule has 2 aromatic heterocycles. The number of H-pyrrole nitrogens is 1. The van der Waals surface area contributed by atoms with Crippen LogP contribution in [0.3, 0.4) is 0 Å². The molecule has 5 heteroatoms. The van der Waals surface area contributed by atoms with E-state index in [2.05, 4.69) is 9.97 Å². The molecule has 4 nitrogen and oxygen atoms in total. The largest absolute Gasteiger partial charge is 0.489 e. The Kier molecular flexibility index (Phi) is 1.83. The second-order valence-electron chi connectivity index (χ2n) is 2.99. The number of fused-ring (bicyclic) bond motifs is 1. The maximum atomic E-state index is 9.04. The highest BCUT2D eigenvalue weighted by Crippen LogP contribution is 2.09. The average molecular weight is 176 g/mol. The maximum absolute atomic E-state index is 9.04. The number of rotatable bonds is 1. The topological polar surface area (TPSA) is 69.1 Å². The van der Waals surface area contributed by atoms with Crippen LogP contribution in [-0.2, 0) is 0 Å². The van der Waals surface area contributed by atoms with Crippen LogP contribution >= 0.6 is 0 Å². The highest BCUT2D eigenvalue weighted by Gasteiger charge is 2.15. The molecule has 0 aliphatic carbocycles. The Bertz CT molecular complexity index is 439. The normalized spacial score (nSPS) is 10.7. The van der Waals surface area contributed by atoms with Crippen LogP contribution < -0.4 is 5.46 Å². The summed E-state index contributed by atoms with van der Waals surface area (Å²) in [5.74, 6) is 0. The van der Waals surface area contributed by atoms with Gasteiger partial charge in [-0.05, 0) is 24.5 Å². The lowest BCUT2D eigenvalue weighted by molar-refractivity contribution is 0.426. The monoisotopic (exact) mass is 176 g/mol. The molecule has 0 unspecified atom stereocenters. The van der Waals surface area contributed by atoms with Gasteiger partial charge in [0.25, 0.3) is 0 Å². The first-order valence-electron chi connectivity index (χ1n) is 3.99. The van der Waals surface area contributed by atoms with E-state index in [-0.39, 0.29) is 0 Å². The van der Waals surface area contributed by atoms with E-state index < -0.39 is 7.12 Å². The minimum absolute atomic E-state index is 0.481. The lowest BCUT2D eigenvalue weighted by atomic mass is 9.79. The van der Waals surface area contributed by atoms with Gasteiger partial charge in [0.1, 0.15) is 5.65 Å². The quantitative estimate of drug-likeness (QED) is 0.515. The van der Waals surface area contributed by atoms with Crippen molar-refractivity contribution in [2.45, 2.75) is 6.92 Å². The van der Waals surface area contributed by atoms with Gasteiger partial charge in [0, 0.05) is 17.3 Å². The van der Waals surface area contributed by atoms with Crippen LogP contribution in [0.15, 0.2) is 18.3 Å². The van der Waals surface area contributed by atoms with Crippen molar-refractivity contribution < 1.29 is 10.0 Å². The summed E-state index contributed by atoms with van der Waals surface area (Å²) in [7, 11) is -1.44. The smallest absolute Gasteiger partial charge is 0.423 e. The van der Waals surface area contributed by atoms with E-state index in [1.165, 1.54) is 0 Å². The number of aromatic nitrogens is 2. The van der Waals surface area contributed by atoms with Crippen molar-refractivity contribution in [2.24, 2.45) is 0 Å². The third-order valence-electron chi connectivity index (χ3n) is 1.98. The van der Waals surface area contributed by atoms with E-state index in [9.17, 15) is 0 Å². The van der Waals surface area contributed by atoms with Gasteiger partial charge >= 0.3 is 7.12 Å². The Morgan fingerprint density at radius 2 is 2.23 bits per heavy atom. The number of pyridine rings is 1. The van der Waals surface area contributed by atoms with E-state index in [1.807, 2.05) is 13.0 Å². The second-order valence-corrected chi connectivity index (χ2v) is 2.99. The summed E-state index contributed by atoms with van der Waals surface area (Å²) < 4.78 is 0. The first kappa shape index (κ1) is 8.28. The summed E-state index contributed by atoms with van der Waals surface area (Å²) >= 11 is 0. The van der Waals surface area contributed by atoms with Crippen LogP contribution in [0.5, 0.6) is 0 Å². The van der Waals surface area contributed by atoms with E-state index in [0.29, 0.717) is 11.1 Å². The molecule has 2 rings (SSSR count). The number of aryl methyl sites for hydroxylation is 1. The molecule has 2 heterocycles. The van der Waals surface area contributed by atoms with Crippen LogP contribution in [0.4, 0.5) is 0 Å². The second kappa shape index (κ2) is 2.87. The Balaban J connectivity index is 2.75. The fourth-order valence-corrected chi connectivity index (χ4v) is 1.40. The molecule has 0 aliphatic rings. The van der Waals surface area contributed by atoms with Crippen molar-refractivity contribution in [1.29, 1.82) is 0 Å². The zero-order valence-electron chi connectivity index (χ0n) is 7.15. The number of nitrogens with zero attached hydrogens (tertiary/aromatic N) is 1. The lowest BCUT2D eigenvalue weighted by Gasteiger charge is -1.98. The lowest BCUT2D eigenvalue weighted by Crippen LogP contribution is -2.30. The third-order valence-corrected chi connectivity index (χ3v) is 1.98. The number of nitrogens with one attached hydrogen (secondary N) is 1. The van der Waals surface area contributed by atoms with Gasteiger partial charge in [-0.3, -0.25) is 0 Å². The van der Waals surface area contributed by atoms with Gasteiger partial charge in [0.2, 0.25) is 0 Å². The molecule has 0 atom stereocenters. The minimum Gasteiger partial charge on any atom is -0.423 e. The molecule has 66 valence electrons. The maximum Gasteiger partial charge on any atom is 0.489 e. The highest BCUT2D eigenvalue weighted by atomic mass is 16.4. The van der Waals surface area contributed by atoms with Crippen molar-refractivity contribution in [3.8, 4) is 0 Å². The van der Waals surface area contributed by atoms with Crippen LogP contribution in [0.1, 0.15) is 5.69 Å². The summed E-state index contributed by atoms with van der Waals surface area (Å²) in [4.78, 5) is 7.09. The van der Waals surface area contributed by atoms with Crippen molar-refractivity contribution in [3.05, 3.63) is 24.0 Å². The molecule has 3 N–H and O–H groups in total. The molecule has 0 aromatic carbocycles.